The fourth-order valence-corrected chi connectivity index (χ4v) is 3.28. The Kier molecular flexibility index (Phi) is 3.61. The smallest absolute Gasteiger partial charge is 0.267 e. The van der Waals surface area contributed by atoms with Gasteiger partial charge in [-0.25, -0.2) is 4.98 Å². The van der Waals surface area contributed by atoms with E-state index in [9.17, 15) is 4.79 Å². The van der Waals surface area contributed by atoms with Crippen LogP contribution in [0.1, 0.15) is 41.5 Å². The van der Waals surface area contributed by atoms with Crippen molar-refractivity contribution in [2.75, 3.05) is 25.0 Å². The monoisotopic (exact) mass is 274 g/mol. The summed E-state index contributed by atoms with van der Waals surface area (Å²) in [7, 11) is 0. The molecule has 0 spiro atoms. The molecule has 0 bridgehead atoms. The second-order valence-corrected chi connectivity index (χ2v) is 6.01. The predicted octanol–water partition coefficient (Wildman–Crippen LogP) is 1.38. The summed E-state index contributed by atoms with van der Waals surface area (Å²) in [6.07, 6.45) is 3.44. The van der Waals surface area contributed by atoms with Crippen LogP contribution in [0.25, 0.3) is 0 Å². The van der Waals surface area contributed by atoms with E-state index in [0.29, 0.717) is 5.69 Å². The number of rotatable bonds is 3. The first kappa shape index (κ1) is 13.4. The molecule has 1 aromatic heterocycles. The summed E-state index contributed by atoms with van der Waals surface area (Å²) in [5.74, 6) is 0.315. The van der Waals surface area contributed by atoms with Crippen molar-refractivity contribution in [1.82, 2.24) is 9.88 Å². The van der Waals surface area contributed by atoms with Crippen LogP contribution in [0.2, 0.25) is 0 Å². The van der Waals surface area contributed by atoms with Gasteiger partial charge in [-0.15, -0.1) is 0 Å². The largest absolute Gasteiger partial charge is 0.383 e. The van der Waals surface area contributed by atoms with Gasteiger partial charge in [0.15, 0.2) is 0 Å². The van der Waals surface area contributed by atoms with Crippen LogP contribution in [-0.2, 0) is 13.0 Å². The number of nitrogens with one attached hydrogen (secondary N) is 1. The van der Waals surface area contributed by atoms with Crippen molar-refractivity contribution in [1.29, 1.82) is 0 Å². The minimum atomic E-state index is -0.437. The van der Waals surface area contributed by atoms with Crippen LogP contribution in [0, 0.1) is 5.92 Å². The van der Waals surface area contributed by atoms with Gasteiger partial charge >= 0.3 is 0 Å². The molecule has 0 aromatic carbocycles. The minimum Gasteiger partial charge on any atom is -0.383 e. The first-order valence-corrected chi connectivity index (χ1v) is 7.42. The van der Waals surface area contributed by atoms with Gasteiger partial charge < -0.3 is 11.1 Å². The molecule has 1 fully saturated rings. The van der Waals surface area contributed by atoms with Gasteiger partial charge in [-0.05, 0) is 36.9 Å². The molecule has 2 aliphatic rings. The van der Waals surface area contributed by atoms with Crippen molar-refractivity contribution in [3.8, 4) is 0 Å². The molecular formula is C15H22N4O. The fourth-order valence-electron chi connectivity index (χ4n) is 3.28. The summed E-state index contributed by atoms with van der Waals surface area (Å²) in [6, 6.07) is 1.86. The summed E-state index contributed by atoms with van der Waals surface area (Å²) in [4.78, 5) is 18.3. The maximum Gasteiger partial charge on any atom is 0.267 e. The van der Waals surface area contributed by atoms with Crippen LogP contribution in [0.3, 0.4) is 0 Å². The number of hydrogen-bond donors (Lipinski definition) is 2. The van der Waals surface area contributed by atoms with Gasteiger partial charge in [-0.3, -0.25) is 9.69 Å². The summed E-state index contributed by atoms with van der Waals surface area (Å²) >= 11 is 0. The summed E-state index contributed by atoms with van der Waals surface area (Å²) < 4.78 is 0. The highest BCUT2D eigenvalue weighted by molar-refractivity contribution is 5.91. The van der Waals surface area contributed by atoms with E-state index >= 15 is 0 Å². The lowest BCUT2D eigenvalue weighted by Crippen LogP contribution is -2.34. The molecule has 3 rings (SSSR count). The van der Waals surface area contributed by atoms with Crippen LogP contribution in [0.5, 0.6) is 0 Å². The molecule has 1 atom stereocenters. The highest BCUT2D eigenvalue weighted by atomic mass is 16.1. The number of nitrogens with zero attached hydrogens (tertiary/aromatic N) is 2. The van der Waals surface area contributed by atoms with Crippen molar-refractivity contribution >= 4 is 11.6 Å². The quantitative estimate of drug-likeness (QED) is 0.873. The number of primary amides is 1. The average molecular weight is 274 g/mol. The van der Waals surface area contributed by atoms with E-state index in [1.807, 2.05) is 6.07 Å². The average Bonchev–Trinajstić information content (AvgIpc) is 2.87. The maximum absolute atomic E-state index is 11.4. The topological polar surface area (TPSA) is 71.2 Å². The number of carbonyl (C=O) groups excluding carboxylic acids is 1. The molecule has 2 aliphatic heterocycles. The lowest BCUT2D eigenvalue weighted by Gasteiger charge is -2.31. The number of pyridine rings is 1. The summed E-state index contributed by atoms with van der Waals surface area (Å²) in [5, 5.41) is 3.39. The number of amides is 1. The number of fused-ring (bicyclic) bond motifs is 1. The minimum absolute atomic E-state index is 0.396. The highest BCUT2D eigenvalue weighted by Crippen LogP contribution is 2.28. The van der Waals surface area contributed by atoms with Gasteiger partial charge in [0, 0.05) is 26.1 Å². The van der Waals surface area contributed by atoms with E-state index < -0.39 is 5.91 Å². The number of likely N-dealkylation sites (tertiary alicyclic amines) is 1. The Morgan fingerprint density at radius 1 is 1.60 bits per heavy atom. The Hall–Kier alpha value is -1.62. The Bertz CT molecular complexity index is 529. The maximum atomic E-state index is 11.4. The van der Waals surface area contributed by atoms with Crippen molar-refractivity contribution in [3.05, 3.63) is 23.0 Å². The third-order valence-corrected chi connectivity index (χ3v) is 4.23. The zero-order chi connectivity index (χ0) is 14.1. The van der Waals surface area contributed by atoms with E-state index in [1.165, 1.54) is 12.8 Å². The number of hydrogen-bond acceptors (Lipinski definition) is 4. The van der Waals surface area contributed by atoms with Gasteiger partial charge in [0.2, 0.25) is 0 Å². The van der Waals surface area contributed by atoms with Crippen molar-refractivity contribution in [3.63, 3.8) is 0 Å². The Morgan fingerprint density at radius 2 is 2.45 bits per heavy atom. The second kappa shape index (κ2) is 5.40. The van der Waals surface area contributed by atoms with E-state index in [4.69, 9.17) is 5.73 Å². The Morgan fingerprint density at radius 3 is 3.20 bits per heavy atom. The molecule has 5 nitrogen and oxygen atoms in total. The zero-order valence-corrected chi connectivity index (χ0v) is 12.0. The third kappa shape index (κ3) is 2.63. The molecular weight excluding hydrogens is 252 g/mol. The molecule has 1 aromatic rings. The second-order valence-electron chi connectivity index (χ2n) is 6.01. The molecule has 0 aliphatic carbocycles. The number of piperidine rings is 1. The molecule has 0 radical (unpaired) electrons. The van der Waals surface area contributed by atoms with Crippen molar-refractivity contribution in [2.24, 2.45) is 11.7 Å². The van der Waals surface area contributed by atoms with Crippen LogP contribution in [0.15, 0.2) is 6.07 Å². The lowest BCUT2D eigenvalue weighted by molar-refractivity contribution is 0.0995. The van der Waals surface area contributed by atoms with Crippen LogP contribution in [-0.4, -0.2) is 35.4 Å². The molecule has 3 N–H and O–H groups in total. The first-order chi connectivity index (χ1) is 9.63. The summed E-state index contributed by atoms with van der Waals surface area (Å²) in [5.41, 5.74) is 9.06. The molecule has 5 heteroatoms. The lowest BCUT2D eigenvalue weighted by atomic mass is 9.99. The van der Waals surface area contributed by atoms with Gasteiger partial charge in [-0.2, -0.15) is 0 Å². The van der Waals surface area contributed by atoms with Gasteiger partial charge in [-0.1, -0.05) is 6.92 Å². The third-order valence-electron chi connectivity index (χ3n) is 4.23. The van der Waals surface area contributed by atoms with Crippen molar-refractivity contribution < 1.29 is 4.79 Å². The zero-order valence-electron chi connectivity index (χ0n) is 12.0. The highest BCUT2D eigenvalue weighted by Gasteiger charge is 2.22. The van der Waals surface area contributed by atoms with E-state index in [-0.39, 0.29) is 0 Å². The summed E-state index contributed by atoms with van der Waals surface area (Å²) in [6.45, 7) is 6.34. The molecule has 0 unspecified atom stereocenters. The van der Waals surface area contributed by atoms with E-state index in [1.54, 1.807) is 0 Å². The normalized spacial score (nSPS) is 22.4. The molecule has 0 saturated carbocycles. The number of nitrogens with two attached hydrogens (primary N) is 1. The van der Waals surface area contributed by atoms with Gasteiger partial charge in [0.05, 0.1) is 11.4 Å². The Labute approximate surface area is 119 Å². The first-order valence-electron chi connectivity index (χ1n) is 7.42. The number of anilines is 1. The predicted molar refractivity (Wildman–Crippen MR) is 78.6 cm³/mol. The van der Waals surface area contributed by atoms with Crippen LogP contribution in [0.4, 0.5) is 5.69 Å². The van der Waals surface area contributed by atoms with E-state index in [0.717, 1.165) is 55.5 Å². The van der Waals surface area contributed by atoms with Gasteiger partial charge in [0.1, 0.15) is 5.69 Å². The van der Waals surface area contributed by atoms with Crippen LogP contribution < -0.4 is 11.1 Å². The molecule has 1 saturated heterocycles. The number of carbonyl (C=O) groups is 1. The fraction of sp³-hybridized carbons (Fsp3) is 0.600. The molecule has 20 heavy (non-hydrogen) atoms. The standard InChI is InChI=1S/C15H22N4O/c1-10-3-2-6-19(8-10)9-11-7-13(15(16)20)18-12-4-5-17-14(11)12/h7,10,17H,2-6,8-9H2,1H3,(H2,16,20)/t10-/m0/s1. The molecule has 1 amide bonds. The molecule has 108 valence electrons. The van der Waals surface area contributed by atoms with Crippen molar-refractivity contribution in [2.45, 2.75) is 32.7 Å². The Balaban J connectivity index is 1.86. The van der Waals surface area contributed by atoms with E-state index in [2.05, 4.69) is 22.1 Å². The SMILES string of the molecule is C[C@H]1CCCN(Cc2cc(C(N)=O)nc3c2NCC3)C1. The van der Waals surface area contributed by atoms with Crippen LogP contribution >= 0.6 is 0 Å². The molecule has 3 heterocycles. The van der Waals surface area contributed by atoms with Gasteiger partial charge in [0.25, 0.3) is 5.91 Å². The number of aromatic nitrogens is 1.